The number of benzene rings is 1. The fourth-order valence-electron chi connectivity index (χ4n) is 3.54. The van der Waals surface area contributed by atoms with Crippen molar-refractivity contribution < 1.29 is 0 Å². The molecule has 0 amide bonds. The van der Waals surface area contributed by atoms with E-state index in [4.69, 9.17) is 4.98 Å². The van der Waals surface area contributed by atoms with Crippen LogP contribution in [0, 0.1) is 6.92 Å². The van der Waals surface area contributed by atoms with Crippen molar-refractivity contribution in [3.63, 3.8) is 0 Å². The summed E-state index contributed by atoms with van der Waals surface area (Å²) in [4.78, 5) is 10.5. The van der Waals surface area contributed by atoms with Gasteiger partial charge < -0.3 is 10.6 Å². The second-order valence-corrected chi connectivity index (χ2v) is 7.87. The van der Waals surface area contributed by atoms with Gasteiger partial charge in [-0.05, 0) is 43.5 Å². The van der Waals surface area contributed by atoms with E-state index >= 15 is 0 Å². The summed E-state index contributed by atoms with van der Waals surface area (Å²) in [5.41, 5.74) is 4.59. The summed E-state index contributed by atoms with van der Waals surface area (Å²) in [5.74, 6) is 0.962. The Hall–Kier alpha value is -2.40. The molecule has 1 aliphatic rings. The summed E-state index contributed by atoms with van der Waals surface area (Å²) in [5, 5.41) is 7.72. The van der Waals surface area contributed by atoms with Gasteiger partial charge in [0.15, 0.2) is 5.13 Å². The van der Waals surface area contributed by atoms with Crippen molar-refractivity contribution in [2.24, 2.45) is 0 Å². The molecule has 0 radical (unpaired) electrons. The molecule has 4 nitrogen and oxygen atoms in total. The number of nitrogens with zero attached hydrogens (tertiary/aromatic N) is 2. The number of nitrogens with one attached hydrogen (secondary N) is 2. The summed E-state index contributed by atoms with van der Waals surface area (Å²) < 4.78 is 0. The highest BCUT2D eigenvalue weighted by Gasteiger charge is 2.17. The zero-order chi connectivity index (χ0) is 17.9. The van der Waals surface area contributed by atoms with Crippen molar-refractivity contribution in [2.45, 2.75) is 38.6 Å². The first-order valence-electron chi connectivity index (χ1n) is 9.21. The molecule has 0 saturated heterocycles. The summed E-state index contributed by atoms with van der Waals surface area (Å²) in [6.45, 7) is 2.12. The van der Waals surface area contributed by atoms with Crippen LogP contribution >= 0.6 is 11.3 Å². The van der Waals surface area contributed by atoms with Crippen LogP contribution in [0.2, 0.25) is 0 Å². The fourth-order valence-corrected chi connectivity index (χ4v) is 4.48. The van der Waals surface area contributed by atoms with Gasteiger partial charge in [-0.3, -0.25) is 0 Å². The van der Waals surface area contributed by atoms with Crippen LogP contribution in [0.3, 0.4) is 0 Å². The molecule has 2 N–H and O–H groups in total. The number of pyridine rings is 1. The van der Waals surface area contributed by atoms with Crippen molar-refractivity contribution >= 4 is 22.3 Å². The van der Waals surface area contributed by atoms with E-state index in [2.05, 4.69) is 58.9 Å². The lowest BCUT2D eigenvalue weighted by Crippen LogP contribution is -2.15. The van der Waals surface area contributed by atoms with E-state index in [0.29, 0.717) is 6.04 Å². The number of hydrogen-bond acceptors (Lipinski definition) is 5. The number of hydrogen-bond donors (Lipinski definition) is 2. The van der Waals surface area contributed by atoms with Crippen LogP contribution in [0.4, 0.5) is 10.9 Å². The Morgan fingerprint density at radius 2 is 1.92 bits per heavy atom. The third-order valence-electron chi connectivity index (χ3n) is 4.86. The quantitative estimate of drug-likeness (QED) is 0.621. The van der Waals surface area contributed by atoms with Crippen LogP contribution in [0.5, 0.6) is 0 Å². The van der Waals surface area contributed by atoms with Gasteiger partial charge in [-0.15, -0.1) is 0 Å². The minimum Gasteiger partial charge on any atom is -0.367 e. The molecule has 26 heavy (non-hydrogen) atoms. The molecule has 4 rings (SSSR count). The smallest absolute Gasteiger partial charge is 0.183 e. The van der Waals surface area contributed by atoms with Gasteiger partial charge in [0, 0.05) is 24.8 Å². The van der Waals surface area contributed by atoms with Crippen LogP contribution in [-0.4, -0.2) is 23.1 Å². The van der Waals surface area contributed by atoms with E-state index in [1.807, 2.05) is 13.2 Å². The first-order valence-corrected chi connectivity index (χ1v) is 10.0. The zero-order valence-electron chi connectivity index (χ0n) is 15.2. The highest BCUT2D eigenvalue weighted by atomic mass is 32.1. The Morgan fingerprint density at radius 3 is 2.69 bits per heavy atom. The molecule has 0 bridgehead atoms. The lowest BCUT2D eigenvalue weighted by atomic mass is 10.1. The molecule has 5 heteroatoms. The minimum atomic E-state index is 0.559. The van der Waals surface area contributed by atoms with Gasteiger partial charge in [-0.25, -0.2) is 9.97 Å². The van der Waals surface area contributed by atoms with Crippen molar-refractivity contribution in [2.75, 3.05) is 17.7 Å². The number of aromatic nitrogens is 2. The molecule has 0 spiro atoms. The van der Waals surface area contributed by atoms with E-state index in [9.17, 15) is 0 Å². The molecular formula is C21H24N4S. The van der Waals surface area contributed by atoms with Crippen LogP contribution in [0.25, 0.3) is 21.7 Å². The average molecular weight is 365 g/mol. The van der Waals surface area contributed by atoms with Crippen molar-refractivity contribution in [3.8, 4) is 21.7 Å². The molecule has 0 aliphatic heterocycles. The van der Waals surface area contributed by atoms with Crippen molar-refractivity contribution in [1.82, 2.24) is 9.97 Å². The summed E-state index contributed by atoms with van der Waals surface area (Å²) >= 11 is 1.69. The van der Waals surface area contributed by atoms with Crippen LogP contribution in [0.15, 0.2) is 42.6 Å². The third-order valence-corrected chi connectivity index (χ3v) is 5.98. The van der Waals surface area contributed by atoms with E-state index in [0.717, 1.165) is 27.8 Å². The summed E-state index contributed by atoms with van der Waals surface area (Å²) in [7, 11) is 1.92. The SMILES string of the molecule is CNc1nc(-c2cccc(C)c2)c(-c2ccnc(NC3CCCC3)c2)s1. The molecule has 0 atom stereocenters. The lowest BCUT2D eigenvalue weighted by molar-refractivity contribution is 0.750. The Kier molecular flexibility index (Phi) is 4.89. The van der Waals surface area contributed by atoms with Gasteiger partial charge in [0.25, 0.3) is 0 Å². The van der Waals surface area contributed by atoms with Crippen LogP contribution in [0.1, 0.15) is 31.2 Å². The van der Waals surface area contributed by atoms with Gasteiger partial charge in [0.1, 0.15) is 5.82 Å². The van der Waals surface area contributed by atoms with E-state index in [1.54, 1.807) is 11.3 Å². The average Bonchev–Trinajstić information content (AvgIpc) is 3.31. The van der Waals surface area contributed by atoms with Gasteiger partial charge in [-0.1, -0.05) is 47.9 Å². The van der Waals surface area contributed by atoms with Gasteiger partial charge in [0.05, 0.1) is 10.6 Å². The van der Waals surface area contributed by atoms with E-state index in [1.165, 1.54) is 36.1 Å². The number of rotatable bonds is 5. The standard InChI is InChI=1S/C21H24N4S/c1-14-6-5-7-15(12-14)19-20(26-21(22-2)25-19)16-10-11-23-18(13-16)24-17-8-3-4-9-17/h5-7,10-13,17H,3-4,8-9H2,1-2H3,(H,22,25)(H,23,24). The second kappa shape index (κ2) is 7.46. The number of anilines is 2. The molecular weight excluding hydrogens is 340 g/mol. The molecule has 1 aromatic carbocycles. The Balaban J connectivity index is 1.72. The molecule has 1 saturated carbocycles. The number of aryl methyl sites for hydroxylation is 1. The van der Waals surface area contributed by atoms with E-state index < -0.39 is 0 Å². The molecule has 134 valence electrons. The predicted molar refractivity (Wildman–Crippen MR) is 111 cm³/mol. The Morgan fingerprint density at radius 1 is 1.08 bits per heavy atom. The largest absolute Gasteiger partial charge is 0.367 e. The normalized spacial score (nSPS) is 14.5. The second-order valence-electron chi connectivity index (χ2n) is 6.87. The third kappa shape index (κ3) is 3.58. The highest BCUT2D eigenvalue weighted by molar-refractivity contribution is 7.19. The maximum absolute atomic E-state index is 4.82. The van der Waals surface area contributed by atoms with Gasteiger partial charge in [0.2, 0.25) is 0 Å². The van der Waals surface area contributed by atoms with Crippen molar-refractivity contribution in [3.05, 3.63) is 48.2 Å². The molecule has 2 aromatic heterocycles. The molecule has 0 unspecified atom stereocenters. The maximum Gasteiger partial charge on any atom is 0.183 e. The predicted octanol–water partition coefficient (Wildman–Crippen LogP) is 5.58. The Bertz CT molecular complexity index is 897. The summed E-state index contributed by atoms with van der Waals surface area (Å²) in [6, 6.07) is 13.3. The van der Waals surface area contributed by atoms with Gasteiger partial charge >= 0.3 is 0 Å². The van der Waals surface area contributed by atoms with Crippen LogP contribution < -0.4 is 10.6 Å². The minimum absolute atomic E-state index is 0.559. The van der Waals surface area contributed by atoms with Crippen LogP contribution in [-0.2, 0) is 0 Å². The molecule has 1 fully saturated rings. The van der Waals surface area contributed by atoms with Crippen molar-refractivity contribution in [1.29, 1.82) is 0 Å². The highest BCUT2D eigenvalue weighted by Crippen LogP contribution is 2.39. The zero-order valence-corrected chi connectivity index (χ0v) is 16.1. The fraction of sp³-hybridized carbons (Fsp3) is 0.333. The molecule has 2 heterocycles. The van der Waals surface area contributed by atoms with E-state index in [-0.39, 0.29) is 0 Å². The summed E-state index contributed by atoms with van der Waals surface area (Å²) in [6.07, 6.45) is 7.01. The first-order chi connectivity index (χ1) is 12.7. The molecule has 1 aliphatic carbocycles. The number of thiazole rings is 1. The maximum atomic E-state index is 4.82. The lowest BCUT2D eigenvalue weighted by Gasteiger charge is -2.13. The topological polar surface area (TPSA) is 49.8 Å². The van der Waals surface area contributed by atoms with Gasteiger partial charge in [-0.2, -0.15) is 0 Å². The molecule has 3 aromatic rings. The Labute approximate surface area is 158 Å². The first kappa shape index (κ1) is 17.0. The monoisotopic (exact) mass is 364 g/mol.